The molecule has 104 valence electrons. The summed E-state index contributed by atoms with van der Waals surface area (Å²) in [7, 11) is 0. The van der Waals surface area contributed by atoms with Crippen LogP contribution in [0.4, 0.5) is 5.69 Å². The minimum Gasteiger partial charge on any atom is -0.321 e. The Morgan fingerprint density at radius 2 is 2.00 bits per heavy atom. The number of carbonyl (C=O) groups is 1. The number of fused-ring (bicyclic) bond motifs is 3. The molecule has 4 rings (SSSR count). The van der Waals surface area contributed by atoms with Crippen molar-refractivity contribution in [2.45, 2.75) is 0 Å². The van der Waals surface area contributed by atoms with E-state index in [1.54, 1.807) is 18.2 Å². The van der Waals surface area contributed by atoms with Gasteiger partial charge in [0, 0.05) is 25.3 Å². The molecule has 1 aromatic carbocycles. The second kappa shape index (κ2) is 5.23. The number of nitriles is 1. The van der Waals surface area contributed by atoms with Gasteiger partial charge in [-0.25, -0.2) is 0 Å². The van der Waals surface area contributed by atoms with Crippen LogP contribution in [-0.4, -0.2) is 61.1 Å². The zero-order valence-corrected chi connectivity index (χ0v) is 11.5. The number of hydrogen-bond acceptors (Lipinski definition) is 3. The van der Waals surface area contributed by atoms with Gasteiger partial charge in [-0.1, -0.05) is 6.07 Å². The molecule has 3 heterocycles. The summed E-state index contributed by atoms with van der Waals surface area (Å²) in [6.07, 6.45) is 0. The van der Waals surface area contributed by atoms with Crippen molar-refractivity contribution in [3.63, 3.8) is 0 Å². The highest BCUT2D eigenvalue weighted by Crippen LogP contribution is 2.19. The highest BCUT2D eigenvalue weighted by atomic mass is 16.2. The average molecular weight is 271 g/mol. The Kier molecular flexibility index (Phi) is 3.43. The van der Waals surface area contributed by atoms with E-state index in [2.05, 4.69) is 16.3 Å². The fraction of sp³-hybridized carbons (Fsp3) is 0.467. The molecule has 1 aromatic rings. The first-order valence-corrected chi connectivity index (χ1v) is 7.07. The van der Waals surface area contributed by atoms with Crippen molar-refractivity contribution in [2.75, 3.05) is 51.1 Å². The number of hydrogen-bond donors (Lipinski definition) is 1. The largest absolute Gasteiger partial charge is 0.321 e. The number of rotatable bonds is 3. The molecular weight excluding hydrogens is 252 g/mol. The number of anilines is 1. The van der Waals surface area contributed by atoms with E-state index in [-0.39, 0.29) is 5.91 Å². The summed E-state index contributed by atoms with van der Waals surface area (Å²) in [5.41, 5.74) is 1.28. The lowest BCUT2D eigenvalue weighted by Gasteiger charge is -2.50. The second-order valence-electron chi connectivity index (χ2n) is 5.75. The molecule has 0 aromatic heterocycles. The van der Waals surface area contributed by atoms with Crippen LogP contribution in [0, 0.1) is 11.3 Å². The molecule has 3 aliphatic rings. The summed E-state index contributed by atoms with van der Waals surface area (Å²) in [6, 6.07) is 9.16. The number of benzene rings is 1. The average Bonchev–Trinajstić information content (AvgIpc) is 2.48. The monoisotopic (exact) mass is 271 g/mol. The quantitative estimate of drug-likeness (QED) is 0.821. The molecule has 20 heavy (non-hydrogen) atoms. The van der Waals surface area contributed by atoms with Crippen LogP contribution >= 0.6 is 0 Å². The van der Waals surface area contributed by atoms with Crippen LogP contribution in [0.3, 0.4) is 0 Å². The molecular formula is C15H19N4O+. The predicted octanol–water partition coefficient (Wildman–Crippen LogP) is 0.643. The molecule has 5 nitrogen and oxygen atoms in total. The van der Waals surface area contributed by atoms with E-state index in [0.29, 0.717) is 17.8 Å². The minimum absolute atomic E-state index is 0.0513. The van der Waals surface area contributed by atoms with E-state index in [0.717, 1.165) is 43.8 Å². The summed E-state index contributed by atoms with van der Waals surface area (Å²) in [6.45, 7) is 7.10. The molecule has 3 aliphatic heterocycles. The smallest absolute Gasteiger partial charge is 0.279 e. The third kappa shape index (κ3) is 2.67. The van der Waals surface area contributed by atoms with E-state index in [1.165, 1.54) is 0 Å². The topological polar surface area (TPSA) is 56.1 Å². The number of carbonyl (C=O) groups excluding carboxylic acids is 1. The molecule has 2 bridgehead atoms. The first-order chi connectivity index (χ1) is 9.69. The van der Waals surface area contributed by atoms with Crippen molar-refractivity contribution in [1.82, 2.24) is 4.90 Å². The zero-order valence-electron chi connectivity index (χ0n) is 11.5. The van der Waals surface area contributed by atoms with Crippen molar-refractivity contribution in [3.8, 4) is 6.07 Å². The van der Waals surface area contributed by atoms with E-state index in [4.69, 9.17) is 5.26 Å². The highest BCUT2D eigenvalue weighted by molar-refractivity contribution is 5.91. The van der Waals surface area contributed by atoms with Gasteiger partial charge in [0.2, 0.25) is 0 Å². The first kappa shape index (κ1) is 13.1. The van der Waals surface area contributed by atoms with Gasteiger partial charge in [-0.05, 0) is 18.2 Å². The van der Waals surface area contributed by atoms with Gasteiger partial charge < -0.3 is 9.80 Å². The number of nitrogens with one attached hydrogen (secondary N) is 1. The fourth-order valence-electron chi connectivity index (χ4n) is 3.14. The van der Waals surface area contributed by atoms with Crippen LogP contribution in [0.25, 0.3) is 0 Å². The van der Waals surface area contributed by atoms with Gasteiger partial charge >= 0.3 is 0 Å². The maximum absolute atomic E-state index is 12.2. The maximum atomic E-state index is 12.2. The third-order valence-electron chi connectivity index (χ3n) is 4.43. The van der Waals surface area contributed by atoms with Gasteiger partial charge in [-0.3, -0.25) is 9.69 Å². The lowest BCUT2D eigenvalue weighted by atomic mass is 10.1. The number of piperazine rings is 3. The first-order valence-electron chi connectivity index (χ1n) is 7.07. The molecule has 1 amide bonds. The Hall–Kier alpha value is -1.90. The van der Waals surface area contributed by atoms with Crippen LogP contribution in [0.5, 0.6) is 0 Å². The SMILES string of the molecule is N#Cc1cccc(NC(=O)C[N+]23CCN(CC2)CC3)c1. The van der Waals surface area contributed by atoms with E-state index < -0.39 is 0 Å². The second-order valence-corrected chi connectivity index (χ2v) is 5.75. The Bertz CT molecular complexity index is 541. The molecule has 0 atom stereocenters. The molecule has 3 fully saturated rings. The lowest BCUT2D eigenvalue weighted by Crippen LogP contribution is -2.68. The third-order valence-corrected chi connectivity index (χ3v) is 4.43. The number of amides is 1. The van der Waals surface area contributed by atoms with Gasteiger partial charge in [0.15, 0.2) is 6.54 Å². The van der Waals surface area contributed by atoms with E-state index in [1.807, 2.05) is 6.07 Å². The minimum atomic E-state index is 0.0513. The summed E-state index contributed by atoms with van der Waals surface area (Å²) in [5, 5.41) is 11.8. The van der Waals surface area contributed by atoms with Gasteiger partial charge in [0.25, 0.3) is 5.91 Å². The van der Waals surface area contributed by atoms with Crippen molar-refractivity contribution in [3.05, 3.63) is 29.8 Å². The van der Waals surface area contributed by atoms with Crippen LogP contribution in [0.1, 0.15) is 5.56 Å². The molecule has 0 radical (unpaired) electrons. The van der Waals surface area contributed by atoms with Crippen LogP contribution in [0.2, 0.25) is 0 Å². The van der Waals surface area contributed by atoms with Crippen molar-refractivity contribution >= 4 is 11.6 Å². The summed E-state index contributed by atoms with van der Waals surface area (Å²) in [5.74, 6) is 0.0513. The standard InChI is InChI=1S/C15H18N4O/c16-11-13-2-1-3-14(10-13)17-15(20)12-19-7-4-18(5-8-19)6-9-19/h1-3,10H,4-9,12H2/p+1. The maximum Gasteiger partial charge on any atom is 0.279 e. The number of nitrogens with zero attached hydrogens (tertiary/aromatic N) is 3. The van der Waals surface area contributed by atoms with Gasteiger partial charge in [0.1, 0.15) is 0 Å². The Balaban J connectivity index is 1.63. The Morgan fingerprint density at radius 3 is 2.65 bits per heavy atom. The fourth-order valence-corrected chi connectivity index (χ4v) is 3.14. The molecule has 0 spiro atoms. The van der Waals surface area contributed by atoms with Gasteiger partial charge in [-0.15, -0.1) is 0 Å². The molecule has 1 N–H and O–H groups in total. The van der Waals surface area contributed by atoms with Crippen molar-refractivity contribution in [2.24, 2.45) is 0 Å². The van der Waals surface area contributed by atoms with Crippen molar-refractivity contribution in [1.29, 1.82) is 5.26 Å². The Labute approximate surface area is 119 Å². The summed E-state index contributed by atoms with van der Waals surface area (Å²) in [4.78, 5) is 14.7. The molecule has 0 aliphatic carbocycles. The van der Waals surface area contributed by atoms with Crippen LogP contribution < -0.4 is 5.32 Å². The highest BCUT2D eigenvalue weighted by Gasteiger charge is 2.39. The Morgan fingerprint density at radius 1 is 1.30 bits per heavy atom. The van der Waals surface area contributed by atoms with E-state index in [9.17, 15) is 4.79 Å². The summed E-state index contributed by atoms with van der Waals surface area (Å²) >= 11 is 0. The van der Waals surface area contributed by atoms with Crippen LogP contribution in [0.15, 0.2) is 24.3 Å². The van der Waals surface area contributed by atoms with Gasteiger partial charge in [0.05, 0.1) is 31.3 Å². The van der Waals surface area contributed by atoms with Crippen molar-refractivity contribution < 1.29 is 9.28 Å². The summed E-state index contributed by atoms with van der Waals surface area (Å²) < 4.78 is 0.917. The normalized spacial score (nSPS) is 27.9. The van der Waals surface area contributed by atoms with Crippen LogP contribution in [-0.2, 0) is 4.79 Å². The molecule has 5 heteroatoms. The lowest BCUT2D eigenvalue weighted by molar-refractivity contribution is -0.933. The van der Waals surface area contributed by atoms with E-state index >= 15 is 0 Å². The zero-order chi connectivity index (χ0) is 14.0. The molecule has 0 unspecified atom stereocenters. The molecule has 3 saturated heterocycles. The molecule has 0 saturated carbocycles. The van der Waals surface area contributed by atoms with Gasteiger partial charge in [-0.2, -0.15) is 5.26 Å². The number of quaternary nitrogens is 1. The predicted molar refractivity (Wildman–Crippen MR) is 76.0 cm³/mol.